The third-order valence-electron chi connectivity index (χ3n) is 6.02. The number of hydrogen-bond donors (Lipinski definition) is 3. The molecule has 1 saturated heterocycles. The molecule has 0 aliphatic carbocycles. The zero-order chi connectivity index (χ0) is 21.5. The van der Waals surface area contributed by atoms with Gasteiger partial charge in [-0.15, -0.1) is 0 Å². The molecule has 0 amide bonds. The Bertz CT molecular complexity index is 921. The highest BCUT2D eigenvalue weighted by molar-refractivity contribution is 7.80. The topological polar surface area (TPSA) is 61.8 Å². The predicted octanol–water partition coefficient (Wildman–Crippen LogP) is 1.54. The number of aromatic amines is 1. The standard InChI is InChI=1S/C23H34N4O2S/c1-4-5-8-24-23(30)27(10-9-26-11-13-29-14-12-26)16-20-15-19-7-6-17(2)18(3)21(19)25-22(20)28/h6-7,15H,4-5,8-14,16H2,1-3H3,(H,24,30)(H,25,28)/p+1. The molecule has 3 N–H and O–H groups in total. The Balaban J connectivity index is 1.78. The molecule has 2 aromatic rings. The number of nitrogens with zero attached hydrogens (tertiary/aromatic N) is 1. The second kappa shape index (κ2) is 10.9. The van der Waals surface area contributed by atoms with E-state index in [9.17, 15) is 4.79 Å². The average molecular weight is 432 g/mol. The van der Waals surface area contributed by atoms with Gasteiger partial charge in [0, 0.05) is 12.1 Å². The largest absolute Gasteiger partial charge is 0.370 e. The molecule has 164 valence electrons. The van der Waals surface area contributed by atoms with Gasteiger partial charge in [0.15, 0.2) is 5.11 Å². The number of aromatic nitrogens is 1. The summed E-state index contributed by atoms with van der Waals surface area (Å²) < 4.78 is 5.47. The van der Waals surface area contributed by atoms with Crippen molar-refractivity contribution >= 4 is 28.2 Å². The number of nitrogens with one attached hydrogen (secondary N) is 3. The number of hydrogen-bond acceptors (Lipinski definition) is 3. The molecule has 0 saturated carbocycles. The van der Waals surface area contributed by atoms with E-state index in [4.69, 9.17) is 17.0 Å². The highest BCUT2D eigenvalue weighted by Crippen LogP contribution is 2.19. The number of H-pyrrole nitrogens is 1. The first-order chi connectivity index (χ1) is 14.5. The van der Waals surface area contributed by atoms with Crippen LogP contribution < -0.4 is 15.8 Å². The van der Waals surface area contributed by atoms with Crippen molar-refractivity contribution in [2.75, 3.05) is 45.9 Å². The van der Waals surface area contributed by atoms with Crippen LogP contribution in [0.15, 0.2) is 23.0 Å². The summed E-state index contributed by atoms with van der Waals surface area (Å²) in [7, 11) is 0. The van der Waals surface area contributed by atoms with Crippen LogP contribution in [-0.2, 0) is 11.3 Å². The molecule has 30 heavy (non-hydrogen) atoms. The van der Waals surface area contributed by atoms with Crippen LogP contribution in [0.2, 0.25) is 0 Å². The lowest BCUT2D eigenvalue weighted by molar-refractivity contribution is -0.907. The molecule has 3 rings (SSSR count). The van der Waals surface area contributed by atoms with Gasteiger partial charge >= 0.3 is 0 Å². The van der Waals surface area contributed by atoms with Crippen LogP contribution in [0.25, 0.3) is 10.9 Å². The van der Waals surface area contributed by atoms with Gasteiger partial charge < -0.3 is 24.8 Å². The molecule has 0 radical (unpaired) electrons. The minimum Gasteiger partial charge on any atom is -0.370 e. The fourth-order valence-corrected chi connectivity index (χ4v) is 4.09. The lowest BCUT2D eigenvalue weighted by Gasteiger charge is -2.29. The van der Waals surface area contributed by atoms with E-state index < -0.39 is 0 Å². The van der Waals surface area contributed by atoms with E-state index in [2.05, 4.69) is 48.1 Å². The minimum atomic E-state index is -0.0312. The number of unbranched alkanes of at least 4 members (excludes halogenated alkanes) is 1. The summed E-state index contributed by atoms with van der Waals surface area (Å²) in [6, 6.07) is 6.21. The van der Waals surface area contributed by atoms with Gasteiger partial charge in [0.2, 0.25) is 0 Å². The van der Waals surface area contributed by atoms with Gasteiger partial charge in [-0.05, 0) is 55.1 Å². The lowest BCUT2D eigenvalue weighted by Crippen LogP contribution is -3.14. The van der Waals surface area contributed by atoms with Crippen LogP contribution >= 0.6 is 12.2 Å². The number of ether oxygens (including phenoxy) is 1. The highest BCUT2D eigenvalue weighted by Gasteiger charge is 2.18. The third-order valence-corrected chi connectivity index (χ3v) is 6.42. The normalized spacial score (nSPS) is 14.8. The van der Waals surface area contributed by atoms with Crippen LogP contribution in [0, 0.1) is 13.8 Å². The first-order valence-corrected chi connectivity index (χ1v) is 11.5. The molecule has 7 heteroatoms. The SMILES string of the molecule is CCCCNC(=S)N(CC[NH+]1CCOCC1)Cc1cc2ccc(C)c(C)c2[nH]c1=O. The number of rotatable bonds is 8. The summed E-state index contributed by atoms with van der Waals surface area (Å²) in [5.41, 5.74) is 3.96. The van der Waals surface area contributed by atoms with Crippen molar-refractivity contribution in [3.63, 3.8) is 0 Å². The fourth-order valence-electron chi connectivity index (χ4n) is 3.83. The van der Waals surface area contributed by atoms with E-state index in [0.717, 1.165) is 85.9 Å². The molecular weight excluding hydrogens is 396 g/mol. The van der Waals surface area contributed by atoms with E-state index >= 15 is 0 Å². The van der Waals surface area contributed by atoms with Gasteiger partial charge in [-0.1, -0.05) is 25.5 Å². The van der Waals surface area contributed by atoms with E-state index in [-0.39, 0.29) is 5.56 Å². The maximum absolute atomic E-state index is 12.9. The number of fused-ring (bicyclic) bond motifs is 1. The second-order valence-electron chi connectivity index (χ2n) is 8.21. The minimum absolute atomic E-state index is 0.0312. The molecule has 1 aromatic heterocycles. The Hall–Kier alpha value is -1.96. The number of aryl methyl sites for hydroxylation is 2. The Morgan fingerprint density at radius 3 is 2.80 bits per heavy atom. The molecule has 1 aliphatic rings. The summed E-state index contributed by atoms with van der Waals surface area (Å²) in [5, 5.41) is 5.17. The van der Waals surface area contributed by atoms with Crippen LogP contribution in [0.1, 0.15) is 36.5 Å². The van der Waals surface area contributed by atoms with E-state index in [0.29, 0.717) is 6.54 Å². The number of quaternary nitrogens is 1. The molecular formula is C23H35N4O2S+. The molecule has 1 fully saturated rings. The van der Waals surface area contributed by atoms with Crippen molar-refractivity contribution in [3.8, 4) is 0 Å². The summed E-state index contributed by atoms with van der Waals surface area (Å²) in [5.74, 6) is 0. The number of pyridine rings is 1. The van der Waals surface area contributed by atoms with Crippen LogP contribution in [0.4, 0.5) is 0 Å². The van der Waals surface area contributed by atoms with Gasteiger partial charge in [-0.25, -0.2) is 0 Å². The molecule has 1 aliphatic heterocycles. The van der Waals surface area contributed by atoms with Crippen LogP contribution in [-0.4, -0.2) is 60.9 Å². The summed E-state index contributed by atoms with van der Waals surface area (Å²) in [4.78, 5) is 19.6. The van der Waals surface area contributed by atoms with Crippen molar-refractivity contribution in [3.05, 3.63) is 45.2 Å². The number of benzene rings is 1. The lowest BCUT2D eigenvalue weighted by atomic mass is 10.0. The zero-order valence-corrected chi connectivity index (χ0v) is 19.3. The van der Waals surface area contributed by atoms with Gasteiger partial charge in [0.1, 0.15) is 13.1 Å². The zero-order valence-electron chi connectivity index (χ0n) is 18.5. The van der Waals surface area contributed by atoms with Crippen molar-refractivity contribution in [2.24, 2.45) is 0 Å². The summed E-state index contributed by atoms with van der Waals surface area (Å²) in [6.45, 7) is 13.2. The molecule has 0 atom stereocenters. The molecule has 0 unspecified atom stereocenters. The molecule has 0 bridgehead atoms. The highest BCUT2D eigenvalue weighted by atomic mass is 32.1. The molecule has 6 nitrogen and oxygen atoms in total. The smallest absolute Gasteiger partial charge is 0.253 e. The second-order valence-corrected chi connectivity index (χ2v) is 8.60. The molecule has 0 spiro atoms. The van der Waals surface area contributed by atoms with Crippen molar-refractivity contribution in [1.29, 1.82) is 0 Å². The first kappa shape index (κ1) is 22.7. The van der Waals surface area contributed by atoms with Crippen LogP contribution in [0.5, 0.6) is 0 Å². The van der Waals surface area contributed by atoms with Gasteiger partial charge in [0.05, 0.1) is 38.4 Å². The first-order valence-electron chi connectivity index (χ1n) is 11.1. The summed E-state index contributed by atoms with van der Waals surface area (Å²) in [6.07, 6.45) is 2.20. The summed E-state index contributed by atoms with van der Waals surface area (Å²) >= 11 is 5.70. The Morgan fingerprint density at radius 1 is 1.30 bits per heavy atom. The Kier molecular flexibility index (Phi) is 8.24. The van der Waals surface area contributed by atoms with Gasteiger partial charge in [-0.3, -0.25) is 4.79 Å². The predicted molar refractivity (Wildman–Crippen MR) is 126 cm³/mol. The fraction of sp³-hybridized carbons (Fsp3) is 0.565. The van der Waals surface area contributed by atoms with E-state index in [1.54, 1.807) is 0 Å². The quantitative estimate of drug-likeness (QED) is 0.437. The average Bonchev–Trinajstić information content (AvgIpc) is 2.75. The molecule has 1 aromatic carbocycles. The van der Waals surface area contributed by atoms with Crippen molar-refractivity contribution in [1.82, 2.24) is 15.2 Å². The van der Waals surface area contributed by atoms with E-state index in [1.807, 2.05) is 6.07 Å². The maximum atomic E-state index is 12.9. The van der Waals surface area contributed by atoms with Crippen molar-refractivity contribution < 1.29 is 9.64 Å². The monoisotopic (exact) mass is 431 g/mol. The van der Waals surface area contributed by atoms with Crippen LogP contribution in [0.3, 0.4) is 0 Å². The van der Waals surface area contributed by atoms with Gasteiger partial charge in [-0.2, -0.15) is 0 Å². The van der Waals surface area contributed by atoms with E-state index in [1.165, 1.54) is 10.5 Å². The Morgan fingerprint density at radius 2 is 2.07 bits per heavy atom. The molecule has 2 heterocycles. The number of thiocarbonyl (C=S) groups is 1. The third kappa shape index (κ3) is 5.80. The van der Waals surface area contributed by atoms with Gasteiger partial charge in [0.25, 0.3) is 5.56 Å². The maximum Gasteiger partial charge on any atom is 0.253 e. The Labute approximate surface area is 184 Å². The number of morpholine rings is 1. The van der Waals surface area contributed by atoms with Crippen molar-refractivity contribution in [2.45, 2.75) is 40.2 Å².